The molecular formula is C17H16ClN3O3. The standard InChI is InChI=1S/C17H16ClN3O3/c18-11-7-12-13(6-10(11)17(23)24)21-14(16(22)20-12)8-19-15(21)9-4-2-1-3-5-9/h6-9H,1-5H2,(H,20,22)(H,23,24). The quantitative estimate of drug-likeness (QED) is 0.743. The van der Waals surface area contributed by atoms with Crippen LogP contribution in [0.15, 0.2) is 23.1 Å². The number of H-pyrrole nitrogens is 1. The van der Waals surface area contributed by atoms with Crippen LogP contribution in [0.4, 0.5) is 0 Å². The fourth-order valence-corrected chi connectivity index (χ4v) is 3.87. The Morgan fingerprint density at radius 2 is 2.00 bits per heavy atom. The largest absolute Gasteiger partial charge is 0.478 e. The first-order chi connectivity index (χ1) is 11.6. The van der Waals surface area contributed by atoms with Crippen LogP contribution in [0, 0.1) is 0 Å². The first kappa shape index (κ1) is 15.2. The molecule has 1 aliphatic carbocycles. The van der Waals surface area contributed by atoms with Crippen molar-refractivity contribution in [2.45, 2.75) is 38.0 Å². The zero-order valence-electron chi connectivity index (χ0n) is 12.9. The molecule has 0 saturated heterocycles. The van der Waals surface area contributed by atoms with Crippen molar-refractivity contribution in [3.63, 3.8) is 0 Å². The SMILES string of the molecule is O=C(O)c1cc2c(cc1Cl)[nH]c(=O)c1cnc(C3CCCCC3)n12. The van der Waals surface area contributed by atoms with Gasteiger partial charge in [0.1, 0.15) is 11.3 Å². The summed E-state index contributed by atoms with van der Waals surface area (Å²) < 4.78 is 1.80. The van der Waals surface area contributed by atoms with E-state index in [9.17, 15) is 14.7 Å². The number of carboxylic acid groups (broad SMARTS) is 1. The molecule has 0 spiro atoms. The van der Waals surface area contributed by atoms with E-state index in [1.807, 2.05) is 0 Å². The van der Waals surface area contributed by atoms with E-state index in [2.05, 4.69) is 9.97 Å². The van der Waals surface area contributed by atoms with E-state index in [0.717, 1.165) is 31.5 Å². The van der Waals surface area contributed by atoms with Crippen molar-refractivity contribution < 1.29 is 9.90 Å². The Bertz CT molecular complexity index is 1020. The van der Waals surface area contributed by atoms with Crippen LogP contribution in [0.2, 0.25) is 5.02 Å². The van der Waals surface area contributed by atoms with Crippen LogP contribution in [-0.4, -0.2) is 25.4 Å². The van der Waals surface area contributed by atoms with Gasteiger partial charge < -0.3 is 10.1 Å². The van der Waals surface area contributed by atoms with E-state index in [-0.39, 0.29) is 22.1 Å². The van der Waals surface area contributed by atoms with Gasteiger partial charge in [0, 0.05) is 5.92 Å². The molecule has 7 heteroatoms. The molecule has 0 bridgehead atoms. The lowest BCUT2D eigenvalue weighted by Crippen LogP contribution is -2.14. The van der Waals surface area contributed by atoms with Gasteiger partial charge in [-0.2, -0.15) is 0 Å². The number of halogens is 1. The van der Waals surface area contributed by atoms with Crippen molar-refractivity contribution in [1.82, 2.24) is 14.4 Å². The highest BCUT2D eigenvalue weighted by molar-refractivity contribution is 6.34. The number of nitrogens with zero attached hydrogens (tertiary/aromatic N) is 2. The smallest absolute Gasteiger partial charge is 0.337 e. The maximum Gasteiger partial charge on any atom is 0.337 e. The summed E-state index contributed by atoms with van der Waals surface area (Å²) in [6.45, 7) is 0. The molecule has 0 aliphatic heterocycles. The molecule has 1 aliphatic rings. The van der Waals surface area contributed by atoms with Crippen LogP contribution < -0.4 is 5.56 Å². The number of nitrogens with one attached hydrogen (secondary N) is 1. The van der Waals surface area contributed by atoms with E-state index in [0.29, 0.717) is 16.6 Å². The van der Waals surface area contributed by atoms with E-state index in [4.69, 9.17) is 11.6 Å². The van der Waals surface area contributed by atoms with E-state index < -0.39 is 5.97 Å². The minimum absolute atomic E-state index is 0.0146. The molecule has 1 saturated carbocycles. The summed E-state index contributed by atoms with van der Waals surface area (Å²) in [5, 5.41) is 9.44. The van der Waals surface area contributed by atoms with Crippen LogP contribution in [-0.2, 0) is 0 Å². The molecule has 1 aromatic carbocycles. The summed E-state index contributed by atoms with van der Waals surface area (Å²) in [6, 6.07) is 3.00. The zero-order valence-corrected chi connectivity index (χ0v) is 13.6. The third-order valence-corrected chi connectivity index (χ3v) is 5.11. The molecule has 2 N–H and O–H groups in total. The zero-order chi connectivity index (χ0) is 16.8. The maximum absolute atomic E-state index is 12.3. The fraction of sp³-hybridized carbons (Fsp3) is 0.353. The van der Waals surface area contributed by atoms with Crippen LogP contribution in [0.25, 0.3) is 16.6 Å². The Balaban J connectivity index is 2.06. The topological polar surface area (TPSA) is 87.5 Å². The summed E-state index contributed by atoms with van der Waals surface area (Å²) in [6.07, 6.45) is 7.15. The van der Waals surface area contributed by atoms with Crippen molar-refractivity contribution in [3.05, 3.63) is 45.1 Å². The monoisotopic (exact) mass is 345 g/mol. The Kier molecular flexibility index (Phi) is 3.57. The van der Waals surface area contributed by atoms with Crippen molar-refractivity contribution >= 4 is 34.1 Å². The van der Waals surface area contributed by atoms with Crippen LogP contribution in [0.5, 0.6) is 0 Å². The minimum Gasteiger partial charge on any atom is -0.478 e. The lowest BCUT2D eigenvalue weighted by Gasteiger charge is -2.21. The average Bonchev–Trinajstić information content (AvgIpc) is 3.01. The summed E-state index contributed by atoms with van der Waals surface area (Å²) >= 11 is 6.04. The number of carboxylic acids is 1. The first-order valence-corrected chi connectivity index (χ1v) is 8.40. The Hall–Kier alpha value is -2.34. The molecule has 6 nitrogen and oxygen atoms in total. The molecule has 0 radical (unpaired) electrons. The van der Waals surface area contributed by atoms with Crippen molar-refractivity contribution in [2.24, 2.45) is 0 Å². The highest BCUT2D eigenvalue weighted by Gasteiger charge is 2.23. The molecule has 2 aromatic heterocycles. The molecule has 24 heavy (non-hydrogen) atoms. The van der Waals surface area contributed by atoms with Gasteiger partial charge in [-0.3, -0.25) is 9.20 Å². The number of fused-ring (bicyclic) bond motifs is 3. The van der Waals surface area contributed by atoms with Crippen LogP contribution in [0.1, 0.15) is 54.2 Å². The lowest BCUT2D eigenvalue weighted by atomic mass is 9.89. The Morgan fingerprint density at radius 3 is 2.71 bits per heavy atom. The maximum atomic E-state index is 12.3. The predicted octanol–water partition coefficient (Wildman–Crippen LogP) is 3.58. The van der Waals surface area contributed by atoms with E-state index in [1.165, 1.54) is 18.6 Å². The highest BCUT2D eigenvalue weighted by atomic mass is 35.5. The van der Waals surface area contributed by atoms with Gasteiger partial charge in [0.25, 0.3) is 5.56 Å². The van der Waals surface area contributed by atoms with E-state index in [1.54, 1.807) is 10.6 Å². The van der Waals surface area contributed by atoms with Gasteiger partial charge in [0.2, 0.25) is 0 Å². The summed E-state index contributed by atoms with van der Waals surface area (Å²) in [4.78, 5) is 31.0. The third-order valence-electron chi connectivity index (χ3n) is 4.80. The van der Waals surface area contributed by atoms with Gasteiger partial charge in [-0.1, -0.05) is 30.9 Å². The normalized spacial score (nSPS) is 16.0. The lowest BCUT2D eigenvalue weighted by molar-refractivity contribution is 0.0697. The summed E-state index contributed by atoms with van der Waals surface area (Å²) in [7, 11) is 0. The second-order valence-corrected chi connectivity index (χ2v) is 6.69. The molecule has 1 fully saturated rings. The second-order valence-electron chi connectivity index (χ2n) is 6.28. The fourth-order valence-electron chi connectivity index (χ4n) is 3.63. The number of rotatable bonds is 2. The summed E-state index contributed by atoms with van der Waals surface area (Å²) in [5.41, 5.74) is 1.32. The first-order valence-electron chi connectivity index (χ1n) is 8.02. The number of aromatic nitrogens is 3. The van der Waals surface area contributed by atoms with Crippen molar-refractivity contribution in [3.8, 4) is 0 Å². The molecule has 2 heterocycles. The number of benzene rings is 1. The molecule has 0 unspecified atom stereocenters. The molecule has 0 atom stereocenters. The molecule has 124 valence electrons. The molecular weight excluding hydrogens is 330 g/mol. The Morgan fingerprint density at radius 1 is 1.25 bits per heavy atom. The minimum atomic E-state index is -1.10. The highest BCUT2D eigenvalue weighted by Crippen LogP contribution is 2.33. The van der Waals surface area contributed by atoms with Gasteiger partial charge in [0.15, 0.2) is 0 Å². The van der Waals surface area contributed by atoms with E-state index >= 15 is 0 Å². The van der Waals surface area contributed by atoms with Gasteiger partial charge in [0.05, 0.1) is 27.8 Å². The predicted molar refractivity (Wildman–Crippen MR) is 91.1 cm³/mol. The van der Waals surface area contributed by atoms with Gasteiger partial charge in [-0.15, -0.1) is 0 Å². The van der Waals surface area contributed by atoms with Gasteiger partial charge in [-0.05, 0) is 25.0 Å². The average molecular weight is 346 g/mol. The molecule has 0 amide bonds. The number of carbonyl (C=O) groups is 1. The molecule has 4 rings (SSSR count). The number of hydrogen-bond donors (Lipinski definition) is 2. The second kappa shape index (κ2) is 5.63. The number of imidazole rings is 1. The molecule has 3 aromatic rings. The van der Waals surface area contributed by atoms with Crippen molar-refractivity contribution in [2.75, 3.05) is 0 Å². The van der Waals surface area contributed by atoms with Gasteiger partial charge in [-0.25, -0.2) is 9.78 Å². The number of aromatic carboxylic acids is 1. The number of aromatic amines is 1. The van der Waals surface area contributed by atoms with Crippen molar-refractivity contribution in [1.29, 1.82) is 0 Å². The number of hydrogen-bond acceptors (Lipinski definition) is 3. The third kappa shape index (κ3) is 2.29. The Labute approximate surface area is 142 Å². The van der Waals surface area contributed by atoms with Crippen LogP contribution >= 0.6 is 11.6 Å². The van der Waals surface area contributed by atoms with Crippen LogP contribution in [0.3, 0.4) is 0 Å². The summed E-state index contributed by atoms with van der Waals surface area (Å²) in [5.74, 6) is 0.0234. The van der Waals surface area contributed by atoms with Gasteiger partial charge >= 0.3 is 5.97 Å².